The molecule has 0 aromatic carbocycles. The van der Waals surface area contributed by atoms with Crippen LogP contribution in [0.15, 0.2) is 35.1 Å². The van der Waals surface area contributed by atoms with Gasteiger partial charge in [-0.15, -0.1) is 0 Å². The molecule has 3 aliphatic rings. The monoisotopic (exact) mass is 345 g/mol. The third-order valence-corrected chi connectivity index (χ3v) is 4.72. The van der Waals surface area contributed by atoms with Gasteiger partial charge in [-0.05, 0) is 47.5 Å². The minimum atomic E-state index is 0.535. The number of aromatic nitrogens is 3. The Kier molecular flexibility index (Phi) is 3.06. The van der Waals surface area contributed by atoms with Gasteiger partial charge < -0.3 is 9.80 Å². The number of hydrogen-bond donors (Lipinski definition) is 0. The van der Waals surface area contributed by atoms with Gasteiger partial charge in [0.15, 0.2) is 0 Å². The number of piperidine rings is 1. The Bertz CT molecular complexity index is 647. The highest BCUT2D eigenvalue weighted by Gasteiger charge is 2.45. The summed E-state index contributed by atoms with van der Waals surface area (Å²) >= 11 is 3.44. The summed E-state index contributed by atoms with van der Waals surface area (Å²) in [5.74, 6) is 2.96. The van der Waals surface area contributed by atoms with E-state index in [9.17, 15) is 0 Å². The minimum absolute atomic E-state index is 0.535. The van der Waals surface area contributed by atoms with Gasteiger partial charge in [0, 0.05) is 30.0 Å². The first kappa shape index (κ1) is 13.0. The van der Waals surface area contributed by atoms with Gasteiger partial charge >= 0.3 is 0 Å². The van der Waals surface area contributed by atoms with E-state index in [4.69, 9.17) is 0 Å². The van der Waals surface area contributed by atoms with E-state index in [2.05, 4.69) is 52.8 Å². The molecule has 2 aromatic rings. The molecule has 108 valence electrons. The first-order valence-electron chi connectivity index (χ1n) is 7.15. The zero-order valence-electron chi connectivity index (χ0n) is 11.8. The average molecular weight is 346 g/mol. The van der Waals surface area contributed by atoms with Crippen molar-refractivity contribution >= 4 is 27.6 Å². The molecule has 0 radical (unpaired) electrons. The van der Waals surface area contributed by atoms with Crippen molar-refractivity contribution in [1.29, 1.82) is 0 Å². The van der Waals surface area contributed by atoms with E-state index >= 15 is 0 Å². The van der Waals surface area contributed by atoms with Crippen molar-refractivity contribution in [1.82, 2.24) is 15.0 Å². The summed E-state index contributed by atoms with van der Waals surface area (Å²) in [4.78, 5) is 18.0. The zero-order valence-corrected chi connectivity index (χ0v) is 13.4. The molecule has 2 bridgehead atoms. The smallest absolute Gasteiger partial charge is 0.132 e. The quantitative estimate of drug-likeness (QED) is 0.836. The van der Waals surface area contributed by atoms with Gasteiger partial charge in [0.25, 0.3) is 0 Å². The molecular weight excluding hydrogens is 330 g/mol. The van der Waals surface area contributed by atoms with Gasteiger partial charge in [0.2, 0.25) is 0 Å². The van der Waals surface area contributed by atoms with Crippen LogP contribution in [0.5, 0.6) is 0 Å². The predicted molar refractivity (Wildman–Crippen MR) is 85.6 cm³/mol. The fourth-order valence-electron chi connectivity index (χ4n) is 3.31. The maximum Gasteiger partial charge on any atom is 0.132 e. The molecule has 21 heavy (non-hydrogen) atoms. The van der Waals surface area contributed by atoms with E-state index in [1.807, 2.05) is 25.4 Å². The maximum atomic E-state index is 4.54. The molecular formula is C15H16BrN5. The molecule has 2 unspecified atom stereocenters. The highest BCUT2D eigenvalue weighted by Crippen LogP contribution is 2.37. The molecule has 3 aliphatic heterocycles. The molecule has 5 nitrogen and oxygen atoms in total. The highest BCUT2D eigenvalue weighted by molar-refractivity contribution is 9.10. The Balaban J connectivity index is 1.52. The lowest BCUT2D eigenvalue weighted by atomic mass is 9.87. The van der Waals surface area contributed by atoms with Crippen LogP contribution in [0.1, 0.15) is 12.2 Å². The molecule has 6 heteroatoms. The van der Waals surface area contributed by atoms with Gasteiger partial charge in [-0.2, -0.15) is 0 Å². The molecule has 3 fully saturated rings. The molecule has 5 heterocycles. The van der Waals surface area contributed by atoms with Crippen molar-refractivity contribution in [2.75, 3.05) is 22.9 Å². The first-order chi connectivity index (χ1) is 10.2. The fourth-order valence-corrected chi connectivity index (χ4v) is 3.55. The molecule has 5 rings (SSSR count). The van der Waals surface area contributed by atoms with Crippen LogP contribution >= 0.6 is 15.9 Å². The van der Waals surface area contributed by atoms with Crippen molar-refractivity contribution in [3.05, 3.63) is 40.9 Å². The van der Waals surface area contributed by atoms with Crippen molar-refractivity contribution in [3.8, 4) is 0 Å². The van der Waals surface area contributed by atoms with E-state index in [-0.39, 0.29) is 0 Å². The van der Waals surface area contributed by atoms with Gasteiger partial charge in [-0.1, -0.05) is 0 Å². The van der Waals surface area contributed by atoms with E-state index < -0.39 is 0 Å². The lowest BCUT2D eigenvalue weighted by Gasteiger charge is -2.57. The van der Waals surface area contributed by atoms with Crippen LogP contribution in [0.4, 0.5) is 11.6 Å². The van der Waals surface area contributed by atoms with Gasteiger partial charge in [0.05, 0.1) is 12.1 Å². The molecule has 3 saturated heterocycles. The molecule has 0 saturated carbocycles. The molecule has 0 aliphatic carbocycles. The molecule has 0 N–H and O–H groups in total. The highest BCUT2D eigenvalue weighted by atomic mass is 79.9. The van der Waals surface area contributed by atoms with Gasteiger partial charge in [0.1, 0.15) is 17.5 Å². The van der Waals surface area contributed by atoms with Crippen molar-refractivity contribution < 1.29 is 0 Å². The number of rotatable bonds is 2. The third-order valence-electron chi connectivity index (χ3n) is 4.25. The van der Waals surface area contributed by atoms with E-state index in [0.717, 1.165) is 35.0 Å². The Hall–Kier alpha value is -1.69. The van der Waals surface area contributed by atoms with Crippen LogP contribution in [0.3, 0.4) is 0 Å². The van der Waals surface area contributed by atoms with Crippen LogP contribution in [-0.4, -0.2) is 40.1 Å². The predicted octanol–water partition coefficient (Wildman–Crippen LogP) is 2.41. The van der Waals surface area contributed by atoms with Crippen LogP contribution in [0, 0.1) is 6.92 Å². The number of aryl methyl sites for hydroxylation is 1. The number of hydrogen-bond acceptors (Lipinski definition) is 5. The maximum absolute atomic E-state index is 4.54. The fraction of sp³-hybridized carbons (Fsp3) is 0.400. The Morgan fingerprint density at radius 1 is 1.10 bits per heavy atom. The van der Waals surface area contributed by atoms with Crippen LogP contribution < -0.4 is 9.80 Å². The number of nitrogens with zero attached hydrogens (tertiary/aromatic N) is 5. The Labute approximate surface area is 132 Å². The third kappa shape index (κ3) is 2.27. The second kappa shape index (κ2) is 4.94. The Morgan fingerprint density at radius 2 is 1.90 bits per heavy atom. The average Bonchev–Trinajstić information content (AvgIpc) is 2.49. The SMILES string of the molecule is Cc1nccc(N2CC3CC(C2)N3c2ccc(Br)cn2)n1. The van der Waals surface area contributed by atoms with E-state index in [0.29, 0.717) is 12.1 Å². The Morgan fingerprint density at radius 3 is 2.57 bits per heavy atom. The second-order valence-corrected chi connectivity index (χ2v) is 6.57. The standard InChI is InChI=1S/C15H16BrN5/c1-10-17-5-4-15(19-10)20-8-12-6-13(9-20)21(12)14-3-2-11(16)7-18-14/h2-5,7,12-13H,6,8-9H2,1H3. The minimum Gasteiger partial charge on any atom is -0.352 e. The van der Waals surface area contributed by atoms with Crippen molar-refractivity contribution in [2.45, 2.75) is 25.4 Å². The normalized spacial score (nSPS) is 23.9. The van der Waals surface area contributed by atoms with E-state index in [1.54, 1.807) is 0 Å². The topological polar surface area (TPSA) is 45.2 Å². The van der Waals surface area contributed by atoms with Crippen LogP contribution in [0.25, 0.3) is 0 Å². The summed E-state index contributed by atoms with van der Waals surface area (Å²) in [6.45, 7) is 3.95. The number of pyridine rings is 1. The largest absolute Gasteiger partial charge is 0.352 e. The summed E-state index contributed by atoms with van der Waals surface area (Å²) in [5.41, 5.74) is 0. The van der Waals surface area contributed by atoms with Gasteiger partial charge in [-0.3, -0.25) is 0 Å². The second-order valence-electron chi connectivity index (χ2n) is 5.65. The van der Waals surface area contributed by atoms with E-state index in [1.165, 1.54) is 6.42 Å². The summed E-state index contributed by atoms with van der Waals surface area (Å²) in [7, 11) is 0. The summed E-state index contributed by atoms with van der Waals surface area (Å²) in [6.07, 6.45) is 4.96. The molecule has 2 aromatic heterocycles. The van der Waals surface area contributed by atoms with Crippen LogP contribution in [0.2, 0.25) is 0 Å². The summed E-state index contributed by atoms with van der Waals surface area (Å²) in [5, 5.41) is 0. The van der Waals surface area contributed by atoms with Crippen molar-refractivity contribution in [2.24, 2.45) is 0 Å². The van der Waals surface area contributed by atoms with Crippen molar-refractivity contribution in [3.63, 3.8) is 0 Å². The lowest BCUT2D eigenvalue weighted by Crippen LogP contribution is -2.69. The number of halogens is 1. The zero-order chi connectivity index (χ0) is 14.4. The number of fused-ring (bicyclic) bond motifs is 2. The summed E-state index contributed by atoms with van der Waals surface area (Å²) < 4.78 is 1.02. The molecule has 0 spiro atoms. The van der Waals surface area contributed by atoms with Gasteiger partial charge in [-0.25, -0.2) is 15.0 Å². The number of piperazine rings is 1. The summed E-state index contributed by atoms with van der Waals surface area (Å²) in [6, 6.07) is 7.22. The first-order valence-corrected chi connectivity index (χ1v) is 7.94. The number of anilines is 2. The lowest BCUT2D eigenvalue weighted by molar-refractivity contribution is 0.288. The molecule has 0 amide bonds. The van der Waals surface area contributed by atoms with Crippen LogP contribution in [-0.2, 0) is 0 Å². The molecule has 2 atom stereocenters.